The lowest BCUT2D eigenvalue weighted by atomic mass is 10.1. The second-order valence-electron chi connectivity index (χ2n) is 6.42. The summed E-state index contributed by atoms with van der Waals surface area (Å²) in [7, 11) is -3.81. The van der Waals surface area contributed by atoms with E-state index in [0.717, 1.165) is 5.56 Å². The van der Waals surface area contributed by atoms with E-state index in [9.17, 15) is 13.2 Å². The molecule has 0 aliphatic carbocycles. The van der Waals surface area contributed by atoms with Gasteiger partial charge in [0.15, 0.2) is 0 Å². The molecule has 3 rings (SSSR count). The van der Waals surface area contributed by atoms with E-state index in [1.54, 1.807) is 44.2 Å². The van der Waals surface area contributed by atoms with E-state index in [-0.39, 0.29) is 23.0 Å². The molecule has 0 saturated carbocycles. The molecule has 0 aliphatic rings. The fourth-order valence-electron chi connectivity index (χ4n) is 2.68. The average molecular weight is 431 g/mol. The highest BCUT2D eigenvalue weighted by atomic mass is 35.5. The molecule has 2 N–H and O–H groups in total. The number of benzene rings is 2. The van der Waals surface area contributed by atoms with Crippen molar-refractivity contribution in [2.75, 3.05) is 10.0 Å². The van der Waals surface area contributed by atoms with Crippen LogP contribution in [0, 0.1) is 13.8 Å². The number of aromatic nitrogens is 2. The van der Waals surface area contributed by atoms with Crippen molar-refractivity contribution in [3.05, 3.63) is 76.7 Å². The summed E-state index contributed by atoms with van der Waals surface area (Å²) in [5.74, 6) is 0.463. The lowest BCUT2D eigenvalue weighted by Gasteiger charge is -2.10. The van der Waals surface area contributed by atoms with Crippen LogP contribution in [0.15, 0.2) is 59.5 Å². The van der Waals surface area contributed by atoms with Crippen molar-refractivity contribution < 1.29 is 13.2 Å². The summed E-state index contributed by atoms with van der Waals surface area (Å²) < 4.78 is 27.6. The van der Waals surface area contributed by atoms with E-state index in [0.29, 0.717) is 22.2 Å². The van der Waals surface area contributed by atoms with Crippen LogP contribution in [0.5, 0.6) is 0 Å². The topological polar surface area (TPSA) is 101 Å². The van der Waals surface area contributed by atoms with Crippen LogP contribution in [0.2, 0.25) is 5.02 Å². The smallest absolute Gasteiger partial charge is 0.263 e. The van der Waals surface area contributed by atoms with Gasteiger partial charge in [0.25, 0.3) is 10.0 Å². The molecule has 0 fully saturated rings. The van der Waals surface area contributed by atoms with Gasteiger partial charge in [-0.1, -0.05) is 23.7 Å². The number of sulfonamides is 1. The Morgan fingerprint density at radius 2 is 1.66 bits per heavy atom. The van der Waals surface area contributed by atoms with E-state index >= 15 is 0 Å². The van der Waals surface area contributed by atoms with Gasteiger partial charge in [0, 0.05) is 22.5 Å². The number of aryl methyl sites for hydroxylation is 2. The van der Waals surface area contributed by atoms with Crippen molar-refractivity contribution in [2.45, 2.75) is 25.2 Å². The maximum Gasteiger partial charge on any atom is 0.263 e. The highest BCUT2D eigenvalue weighted by Gasteiger charge is 2.16. The van der Waals surface area contributed by atoms with Gasteiger partial charge in [-0.05, 0) is 55.8 Å². The number of amides is 1. The van der Waals surface area contributed by atoms with Gasteiger partial charge in [-0.15, -0.1) is 0 Å². The highest BCUT2D eigenvalue weighted by molar-refractivity contribution is 7.92. The van der Waals surface area contributed by atoms with E-state index in [1.165, 1.54) is 24.3 Å². The minimum absolute atomic E-state index is 0.0575. The molecule has 7 nitrogen and oxygen atoms in total. The normalized spacial score (nSPS) is 11.1. The molecule has 0 unspecified atom stereocenters. The summed E-state index contributed by atoms with van der Waals surface area (Å²) >= 11 is 5.83. The van der Waals surface area contributed by atoms with Crippen molar-refractivity contribution >= 4 is 39.0 Å². The van der Waals surface area contributed by atoms with Crippen LogP contribution in [0.4, 0.5) is 11.5 Å². The van der Waals surface area contributed by atoms with Crippen LogP contribution in [-0.2, 0) is 21.2 Å². The number of carbonyl (C=O) groups excluding carboxylic acids is 1. The maximum atomic E-state index is 12.6. The summed E-state index contributed by atoms with van der Waals surface area (Å²) in [6.07, 6.45) is 0.186. The Kier molecular flexibility index (Phi) is 6.14. The highest BCUT2D eigenvalue weighted by Crippen LogP contribution is 2.18. The largest absolute Gasteiger partial charge is 0.326 e. The van der Waals surface area contributed by atoms with E-state index < -0.39 is 10.0 Å². The molecule has 0 radical (unpaired) electrons. The molecule has 3 aromatic rings. The van der Waals surface area contributed by atoms with Crippen LogP contribution in [0.3, 0.4) is 0 Å². The number of halogens is 1. The number of nitrogens with one attached hydrogen (secondary N) is 2. The molecule has 150 valence electrons. The number of hydrogen-bond acceptors (Lipinski definition) is 5. The number of anilines is 2. The second-order valence-corrected chi connectivity index (χ2v) is 8.54. The first-order chi connectivity index (χ1) is 13.7. The molecule has 0 bridgehead atoms. The third-order valence-electron chi connectivity index (χ3n) is 3.93. The predicted molar refractivity (Wildman–Crippen MR) is 113 cm³/mol. The first-order valence-electron chi connectivity index (χ1n) is 8.71. The van der Waals surface area contributed by atoms with Gasteiger partial charge in [-0.2, -0.15) is 0 Å². The Morgan fingerprint density at radius 1 is 1.00 bits per heavy atom. The molecule has 0 aliphatic heterocycles. The summed E-state index contributed by atoms with van der Waals surface area (Å²) in [6, 6.07) is 14.4. The fourth-order valence-corrected chi connectivity index (χ4v) is 3.79. The molecule has 0 atom stereocenters. The SMILES string of the molecule is Cc1cc(NS(=O)(=O)c2ccc(NC(=O)Cc3ccc(Cl)cc3)cc2)nc(C)n1. The van der Waals surface area contributed by atoms with E-state index in [4.69, 9.17) is 11.6 Å². The van der Waals surface area contributed by atoms with Crippen molar-refractivity contribution in [1.82, 2.24) is 9.97 Å². The first kappa shape index (κ1) is 20.8. The van der Waals surface area contributed by atoms with E-state index in [1.807, 2.05) is 0 Å². The van der Waals surface area contributed by atoms with Crippen LogP contribution in [0.1, 0.15) is 17.1 Å². The molecule has 0 saturated heterocycles. The fraction of sp³-hybridized carbons (Fsp3) is 0.150. The third-order valence-corrected chi connectivity index (χ3v) is 5.55. The van der Waals surface area contributed by atoms with Gasteiger partial charge in [-0.25, -0.2) is 18.4 Å². The Hall–Kier alpha value is -2.97. The first-order valence-corrected chi connectivity index (χ1v) is 10.6. The number of rotatable bonds is 6. The predicted octanol–water partition coefficient (Wildman–Crippen LogP) is 3.73. The lowest BCUT2D eigenvalue weighted by molar-refractivity contribution is -0.115. The molecular formula is C20H19ClN4O3S. The molecule has 2 aromatic carbocycles. The van der Waals surface area contributed by atoms with E-state index in [2.05, 4.69) is 20.0 Å². The maximum absolute atomic E-state index is 12.6. The van der Waals surface area contributed by atoms with Crippen molar-refractivity contribution in [3.8, 4) is 0 Å². The summed E-state index contributed by atoms with van der Waals surface area (Å²) in [5, 5.41) is 3.34. The van der Waals surface area contributed by atoms with Crippen molar-refractivity contribution in [1.29, 1.82) is 0 Å². The second kappa shape index (κ2) is 8.59. The Balaban J connectivity index is 1.67. The minimum Gasteiger partial charge on any atom is -0.326 e. The number of nitrogens with zero attached hydrogens (tertiary/aromatic N) is 2. The lowest BCUT2D eigenvalue weighted by Crippen LogP contribution is -2.16. The Morgan fingerprint density at radius 3 is 2.28 bits per heavy atom. The number of carbonyl (C=O) groups is 1. The van der Waals surface area contributed by atoms with Gasteiger partial charge < -0.3 is 5.32 Å². The standard InChI is InChI=1S/C20H19ClN4O3S/c1-13-11-19(23-14(2)22-13)25-29(27,28)18-9-7-17(8-10-18)24-20(26)12-15-3-5-16(21)6-4-15/h3-11H,12H2,1-2H3,(H,24,26)(H,22,23,25). The third kappa shape index (κ3) is 5.75. The molecule has 1 aromatic heterocycles. The van der Waals surface area contributed by atoms with Crippen molar-refractivity contribution in [2.24, 2.45) is 0 Å². The zero-order valence-corrected chi connectivity index (χ0v) is 17.4. The van der Waals surface area contributed by atoms with Gasteiger partial charge in [0.2, 0.25) is 5.91 Å². The van der Waals surface area contributed by atoms with Gasteiger partial charge in [0.05, 0.1) is 11.3 Å². The van der Waals surface area contributed by atoms with Gasteiger partial charge in [0.1, 0.15) is 11.6 Å². The molecule has 9 heteroatoms. The number of hydrogen-bond donors (Lipinski definition) is 2. The van der Waals surface area contributed by atoms with Crippen molar-refractivity contribution in [3.63, 3.8) is 0 Å². The minimum atomic E-state index is -3.81. The Bertz CT molecular complexity index is 1110. The Labute approximate surface area is 174 Å². The monoisotopic (exact) mass is 430 g/mol. The average Bonchev–Trinajstić information content (AvgIpc) is 2.63. The summed E-state index contributed by atoms with van der Waals surface area (Å²) in [4.78, 5) is 20.4. The molecular weight excluding hydrogens is 412 g/mol. The van der Waals surface area contributed by atoms with Crippen LogP contribution in [-0.4, -0.2) is 24.3 Å². The van der Waals surface area contributed by atoms with Crippen LogP contribution in [0.25, 0.3) is 0 Å². The molecule has 29 heavy (non-hydrogen) atoms. The van der Waals surface area contributed by atoms with Crippen LogP contribution < -0.4 is 10.0 Å². The molecule has 1 heterocycles. The summed E-state index contributed by atoms with van der Waals surface area (Å²) in [5.41, 5.74) is 1.98. The van der Waals surface area contributed by atoms with Gasteiger partial charge >= 0.3 is 0 Å². The quantitative estimate of drug-likeness (QED) is 0.620. The van der Waals surface area contributed by atoms with Crippen LogP contribution >= 0.6 is 11.6 Å². The molecule has 0 spiro atoms. The van der Waals surface area contributed by atoms with Gasteiger partial charge in [-0.3, -0.25) is 9.52 Å². The summed E-state index contributed by atoms with van der Waals surface area (Å²) in [6.45, 7) is 3.44. The molecule has 1 amide bonds. The zero-order valence-electron chi connectivity index (χ0n) is 15.8. The zero-order chi connectivity index (χ0) is 21.0.